The van der Waals surface area contributed by atoms with Gasteiger partial charge in [-0.05, 0) is 70.1 Å². The maximum atomic E-state index is 13.3. The maximum Gasteiger partial charge on any atom is 0.233 e. The van der Waals surface area contributed by atoms with Gasteiger partial charge in [0.15, 0.2) is 5.13 Å². The number of aryl methyl sites for hydroxylation is 4. The largest absolute Gasteiger partial charge is 0.308 e. The van der Waals surface area contributed by atoms with E-state index < -0.39 is 0 Å². The molecule has 28 heavy (non-hydrogen) atoms. The summed E-state index contributed by atoms with van der Waals surface area (Å²) < 4.78 is 1.14. The number of hydrogen-bond acceptors (Lipinski definition) is 4. The minimum atomic E-state index is 0.101. The van der Waals surface area contributed by atoms with Gasteiger partial charge in [0.2, 0.25) is 5.91 Å². The number of benzene rings is 2. The molecule has 0 aliphatic heterocycles. The quantitative estimate of drug-likeness (QED) is 0.609. The predicted octanol–water partition coefficient (Wildman–Crippen LogP) is 4.67. The SMILES string of the molecule is Cc1ccc(C)c(CC(=O)N(CCN(C)C)c2nc3c(C)cc(C)cc3s2)c1. The van der Waals surface area contributed by atoms with Crippen molar-refractivity contribution in [3.8, 4) is 0 Å². The first-order valence-electron chi connectivity index (χ1n) is 9.63. The molecule has 1 heterocycles. The molecule has 148 valence electrons. The number of aromatic nitrogens is 1. The fourth-order valence-electron chi connectivity index (χ4n) is 3.35. The average molecular weight is 396 g/mol. The summed E-state index contributed by atoms with van der Waals surface area (Å²) in [6.07, 6.45) is 0.398. The summed E-state index contributed by atoms with van der Waals surface area (Å²) in [5, 5.41) is 0.792. The first-order valence-corrected chi connectivity index (χ1v) is 10.5. The van der Waals surface area contributed by atoms with Gasteiger partial charge in [-0.15, -0.1) is 0 Å². The monoisotopic (exact) mass is 395 g/mol. The molecule has 1 amide bonds. The lowest BCUT2D eigenvalue weighted by molar-refractivity contribution is -0.118. The lowest BCUT2D eigenvalue weighted by Crippen LogP contribution is -2.37. The third-order valence-corrected chi connectivity index (χ3v) is 5.99. The van der Waals surface area contributed by atoms with E-state index in [1.165, 1.54) is 11.1 Å². The van der Waals surface area contributed by atoms with Crippen molar-refractivity contribution in [2.24, 2.45) is 0 Å². The second-order valence-electron chi connectivity index (χ2n) is 7.88. The number of carbonyl (C=O) groups excluding carboxylic acids is 1. The molecule has 0 aliphatic carbocycles. The van der Waals surface area contributed by atoms with Crippen LogP contribution in [0.4, 0.5) is 5.13 Å². The van der Waals surface area contributed by atoms with E-state index in [1.54, 1.807) is 11.3 Å². The summed E-state index contributed by atoms with van der Waals surface area (Å²) in [5.74, 6) is 0.101. The van der Waals surface area contributed by atoms with E-state index in [9.17, 15) is 4.79 Å². The fourth-order valence-corrected chi connectivity index (χ4v) is 4.54. The normalized spacial score (nSPS) is 11.4. The van der Waals surface area contributed by atoms with E-state index in [4.69, 9.17) is 4.98 Å². The van der Waals surface area contributed by atoms with Crippen LogP contribution in [0.15, 0.2) is 30.3 Å². The van der Waals surface area contributed by atoms with E-state index in [1.807, 2.05) is 19.0 Å². The Balaban J connectivity index is 1.95. The van der Waals surface area contributed by atoms with E-state index in [-0.39, 0.29) is 5.91 Å². The number of carbonyl (C=O) groups is 1. The van der Waals surface area contributed by atoms with Crippen molar-refractivity contribution in [3.63, 3.8) is 0 Å². The molecule has 0 unspecified atom stereocenters. The highest BCUT2D eigenvalue weighted by molar-refractivity contribution is 7.22. The van der Waals surface area contributed by atoms with E-state index >= 15 is 0 Å². The summed E-state index contributed by atoms with van der Waals surface area (Å²) in [6, 6.07) is 10.6. The molecule has 0 fully saturated rings. The first kappa shape index (κ1) is 20.5. The fraction of sp³-hybridized carbons (Fsp3) is 0.391. The number of amides is 1. The van der Waals surface area contributed by atoms with Crippen LogP contribution < -0.4 is 4.90 Å². The van der Waals surface area contributed by atoms with E-state index in [0.29, 0.717) is 13.0 Å². The summed E-state index contributed by atoms with van der Waals surface area (Å²) in [5.41, 5.74) is 6.81. The van der Waals surface area contributed by atoms with Crippen LogP contribution in [0.2, 0.25) is 0 Å². The number of anilines is 1. The molecule has 0 N–H and O–H groups in total. The van der Waals surface area contributed by atoms with Crippen molar-refractivity contribution in [3.05, 3.63) is 58.1 Å². The van der Waals surface area contributed by atoms with Crippen molar-refractivity contribution in [1.82, 2.24) is 9.88 Å². The molecule has 0 saturated carbocycles. The minimum absolute atomic E-state index is 0.101. The Morgan fingerprint density at radius 3 is 2.43 bits per heavy atom. The number of likely N-dealkylation sites (N-methyl/N-ethyl adjacent to an activating group) is 1. The lowest BCUT2D eigenvalue weighted by atomic mass is 10.0. The lowest BCUT2D eigenvalue weighted by Gasteiger charge is -2.22. The van der Waals surface area contributed by atoms with Crippen molar-refractivity contribution < 1.29 is 4.79 Å². The van der Waals surface area contributed by atoms with Gasteiger partial charge in [-0.1, -0.05) is 41.2 Å². The molecule has 0 spiro atoms. The van der Waals surface area contributed by atoms with Crippen molar-refractivity contribution in [2.45, 2.75) is 34.1 Å². The molecule has 0 radical (unpaired) electrons. The van der Waals surface area contributed by atoms with Crippen LogP contribution in [0.1, 0.15) is 27.8 Å². The van der Waals surface area contributed by atoms with Gasteiger partial charge in [-0.2, -0.15) is 0 Å². The number of rotatable bonds is 6. The van der Waals surface area contributed by atoms with Gasteiger partial charge in [0.1, 0.15) is 0 Å². The third kappa shape index (κ3) is 4.59. The van der Waals surface area contributed by atoms with Crippen molar-refractivity contribution in [2.75, 3.05) is 32.1 Å². The van der Waals surface area contributed by atoms with Crippen LogP contribution in [0.5, 0.6) is 0 Å². The van der Waals surface area contributed by atoms with E-state index in [2.05, 4.69) is 62.9 Å². The highest BCUT2D eigenvalue weighted by Gasteiger charge is 2.21. The zero-order valence-electron chi connectivity index (χ0n) is 17.7. The van der Waals surface area contributed by atoms with Gasteiger partial charge >= 0.3 is 0 Å². The Morgan fingerprint density at radius 1 is 0.964 bits per heavy atom. The molecule has 1 aromatic heterocycles. The van der Waals surface area contributed by atoms with Crippen molar-refractivity contribution in [1.29, 1.82) is 0 Å². The Kier molecular flexibility index (Phi) is 6.16. The topological polar surface area (TPSA) is 36.4 Å². The first-order chi connectivity index (χ1) is 13.2. The number of hydrogen-bond donors (Lipinski definition) is 0. The minimum Gasteiger partial charge on any atom is -0.308 e. The molecular weight excluding hydrogens is 366 g/mol. The van der Waals surface area contributed by atoms with Gasteiger partial charge < -0.3 is 4.90 Å². The van der Waals surface area contributed by atoms with Crippen LogP contribution in [-0.4, -0.2) is 43.0 Å². The Morgan fingerprint density at radius 2 is 1.71 bits per heavy atom. The van der Waals surface area contributed by atoms with Gasteiger partial charge in [0, 0.05) is 13.1 Å². The second-order valence-corrected chi connectivity index (χ2v) is 8.89. The molecule has 4 nitrogen and oxygen atoms in total. The number of thiazole rings is 1. The zero-order chi connectivity index (χ0) is 20.4. The van der Waals surface area contributed by atoms with E-state index in [0.717, 1.165) is 38.6 Å². The number of nitrogens with zero attached hydrogens (tertiary/aromatic N) is 3. The molecule has 0 aliphatic rings. The average Bonchev–Trinajstić information content (AvgIpc) is 3.02. The molecule has 0 saturated heterocycles. The molecular formula is C23H29N3OS. The van der Waals surface area contributed by atoms with Crippen LogP contribution in [-0.2, 0) is 11.2 Å². The van der Waals surface area contributed by atoms with Crippen LogP contribution in [0, 0.1) is 27.7 Å². The van der Waals surface area contributed by atoms with Gasteiger partial charge in [-0.25, -0.2) is 4.98 Å². The summed E-state index contributed by atoms with van der Waals surface area (Å²) >= 11 is 1.61. The van der Waals surface area contributed by atoms with Gasteiger partial charge in [0.05, 0.1) is 16.6 Å². The number of fused-ring (bicyclic) bond motifs is 1. The van der Waals surface area contributed by atoms with Crippen LogP contribution in [0.25, 0.3) is 10.2 Å². The summed E-state index contributed by atoms with van der Waals surface area (Å²) in [7, 11) is 4.05. The second kappa shape index (κ2) is 8.41. The molecule has 0 atom stereocenters. The summed E-state index contributed by atoms with van der Waals surface area (Å²) in [4.78, 5) is 22.1. The van der Waals surface area contributed by atoms with Gasteiger partial charge in [-0.3, -0.25) is 9.69 Å². The Labute approximate surface area is 171 Å². The standard InChI is InChI=1S/C23H29N3OS/c1-15-7-8-17(3)19(12-15)14-21(27)26(10-9-25(5)6)23-24-22-18(4)11-16(2)13-20(22)28-23/h7-8,11-13H,9-10,14H2,1-6H3. The molecule has 0 bridgehead atoms. The van der Waals surface area contributed by atoms with Crippen molar-refractivity contribution >= 4 is 32.6 Å². The molecule has 3 aromatic rings. The zero-order valence-corrected chi connectivity index (χ0v) is 18.5. The highest BCUT2D eigenvalue weighted by atomic mass is 32.1. The Bertz CT molecular complexity index is 1010. The maximum absolute atomic E-state index is 13.3. The Hall–Kier alpha value is -2.24. The molecule has 5 heteroatoms. The summed E-state index contributed by atoms with van der Waals surface area (Å²) in [6.45, 7) is 9.75. The van der Waals surface area contributed by atoms with Crippen LogP contribution in [0.3, 0.4) is 0 Å². The highest BCUT2D eigenvalue weighted by Crippen LogP contribution is 2.32. The predicted molar refractivity (Wildman–Crippen MR) is 120 cm³/mol. The third-order valence-electron chi connectivity index (χ3n) is 4.97. The molecule has 3 rings (SSSR count). The van der Waals surface area contributed by atoms with Gasteiger partial charge in [0.25, 0.3) is 0 Å². The smallest absolute Gasteiger partial charge is 0.233 e. The van der Waals surface area contributed by atoms with Crippen LogP contribution >= 0.6 is 11.3 Å². The molecule has 2 aromatic carbocycles.